The van der Waals surface area contributed by atoms with Crippen molar-refractivity contribution in [3.63, 3.8) is 0 Å². The number of amides is 3. The average Bonchev–Trinajstić information content (AvgIpc) is 1.56. The summed E-state index contributed by atoms with van der Waals surface area (Å²) in [6, 6.07) is 23.7. The number of ether oxygens (including phenoxy) is 3. The highest BCUT2D eigenvalue weighted by Crippen LogP contribution is 2.30. The maximum atomic E-state index is 17.3. The van der Waals surface area contributed by atoms with E-state index in [-0.39, 0.29) is 52.3 Å². The van der Waals surface area contributed by atoms with Gasteiger partial charge < -0.3 is 34.6 Å². The van der Waals surface area contributed by atoms with E-state index < -0.39 is 123 Å². The Kier molecular flexibility index (Phi) is 16.9. The molecule has 0 unspecified atom stereocenters. The van der Waals surface area contributed by atoms with Crippen molar-refractivity contribution in [3.8, 4) is 34.2 Å². The first-order valence-electron chi connectivity index (χ1n) is 26.7. The predicted octanol–water partition coefficient (Wildman–Crippen LogP) is 7.56. The van der Waals surface area contributed by atoms with Gasteiger partial charge in [-0.25, -0.2) is 64.0 Å². The molecule has 0 spiro atoms. The molecule has 0 atom stereocenters. The number of fused-ring (bicyclic) bond motifs is 2. The monoisotopic (exact) mass is 1210 g/mol. The SMILES string of the molecule is CNC(=O)Nc1ccc(-n2nc3c(c2CN(C)C)c(=O)n(-c2cccc(OCc4ccc(F)c(Cn5c(=O)n(-c6cccc(OC)c6F)c(=O)c6c(CN(C)C)n(-c7ccc(NC(=O)OC)cc7)nc65)c4F)c2F)c(=O)n3Cc2c(F)cccc2F)cc1. The lowest BCUT2D eigenvalue weighted by Gasteiger charge is -2.16. The van der Waals surface area contributed by atoms with Gasteiger partial charge in [-0.2, -0.15) is 0 Å². The number of halogens is 6. The van der Waals surface area contributed by atoms with Crippen LogP contribution in [0.2, 0.25) is 0 Å². The van der Waals surface area contributed by atoms with Gasteiger partial charge in [-0.1, -0.05) is 18.2 Å². The van der Waals surface area contributed by atoms with Gasteiger partial charge in [0.1, 0.15) is 40.6 Å². The van der Waals surface area contributed by atoms with Crippen LogP contribution >= 0.6 is 0 Å². The zero-order valence-corrected chi connectivity index (χ0v) is 47.9. The van der Waals surface area contributed by atoms with Gasteiger partial charge in [0, 0.05) is 48.2 Å². The number of urea groups is 1. The second kappa shape index (κ2) is 24.7. The first-order chi connectivity index (χ1) is 42.1. The Balaban J connectivity index is 1.08. The molecule has 0 bridgehead atoms. The molecule has 88 heavy (non-hydrogen) atoms. The molecule has 0 aliphatic rings. The van der Waals surface area contributed by atoms with Gasteiger partial charge in [0.25, 0.3) is 11.1 Å². The van der Waals surface area contributed by atoms with E-state index >= 15 is 31.1 Å². The summed E-state index contributed by atoms with van der Waals surface area (Å²) in [7, 11) is 10.5. The zero-order valence-electron chi connectivity index (χ0n) is 47.9. The molecule has 454 valence electrons. The summed E-state index contributed by atoms with van der Waals surface area (Å²) in [6.07, 6.45) is -0.758. The van der Waals surface area contributed by atoms with Crippen LogP contribution in [-0.4, -0.2) is 109 Å². The number of hydrogen-bond donors (Lipinski definition) is 3. The topological polar surface area (TPSA) is 228 Å². The lowest BCUT2D eigenvalue weighted by Crippen LogP contribution is -2.40. The van der Waals surface area contributed by atoms with Crippen LogP contribution in [0.3, 0.4) is 0 Å². The number of nitrogens with zero attached hydrogens (tertiary/aromatic N) is 10. The van der Waals surface area contributed by atoms with E-state index in [1.807, 2.05) is 0 Å². The quantitative estimate of drug-likeness (QED) is 0.0706. The average molecular weight is 1210 g/mol. The Hall–Kier alpha value is -10.7. The Labute approximate surface area is 494 Å². The molecular formula is C60H53F6N13O9. The van der Waals surface area contributed by atoms with Gasteiger partial charge in [0.2, 0.25) is 0 Å². The Bertz CT molecular complexity index is 4630. The summed E-state index contributed by atoms with van der Waals surface area (Å²) in [5.74, 6) is -8.05. The fourth-order valence-corrected chi connectivity index (χ4v) is 9.95. The minimum absolute atomic E-state index is 0.0360. The summed E-state index contributed by atoms with van der Waals surface area (Å²) in [4.78, 5) is 86.9. The van der Waals surface area contributed by atoms with Gasteiger partial charge in [0.05, 0.1) is 61.4 Å². The minimum Gasteiger partial charge on any atom is -0.494 e. The van der Waals surface area contributed by atoms with Crippen LogP contribution in [-0.2, 0) is 37.5 Å². The van der Waals surface area contributed by atoms with E-state index in [0.29, 0.717) is 31.9 Å². The molecule has 4 aromatic heterocycles. The summed E-state index contributed by atoms with van der Waals surface area (Å²) < 4.78 is 119. The third kappa shape index (κ3) is 11.3. The molecular weight excluding hydrogens is 1160 g/mol. The van der Waals surface area contributed by atoms with Crippen molar-refractivity contribution >= 4 is 45.6 Å². The zero-order chi connectivity index (χ0) is 63.0. The summed E-state index contributed by atoms with van der Waals surface area (Å²) in [5.41, 5.74) is -6.87. The number of nitrogens with one attached hydrogen (secondary N) is 3. The maximum Gasteiger partial charge on any atom is 0.411 e. The van der Waals surface area contributed by atoms with Crippen molar-refractivity contribution in [1.29, 1.82) is 0 Å². The number of hydrogen-bond acceptors (Lipinski definition) is 13. The summed E-state index contributed by atoms with van der Waals surface area (Å²) in [5, 5.41) is 16.4. The molecule has 0 saturated heterocycles. The lowest BCUT2D eigenvalue weighted by molar-refractivity contribution is 0.187. The highest BCUT2D eigenvalue weighted by molar-refractivity contribution is 5.89. The largest absolute Gasteiger partial charge is 0.494 e. The van der Waals surface area contributed by atoms with Crippen LogP contribution in [0, 0.1) is 34.9 Å². The van der Waals surface area contributed by atoms with Gasteiger partial charge in [-0.05, 0) is 125 Å². The summed E-state index contributed by atoms with van der Waals surface area (Å²) in [6.45, 7) is -2.76. The van der Waals surface area contributed by atoms with Crippen molar-refractivity contribution in [2.75, 3.05) is 60.1 Å². The molecule has 0 aliphatic heterocycles. The van der Waals surface area contributed by atoms with Crippen LogP contribution in [0.4, 0.5) is 47.3 Å². The van der Waals surface area contributed by atoms with Crippen LogP contribution in [0.25, 0.3) is 44.8 Å². The normalized spacial score (nSPS) is 11.5. The van der Waals surface area contributed by atoms with Crippen molar-refractivity contribution < 1.29 is 50.1 Å². The molecule has 0 fully saturated rings. The Morgan fingerprint density at radius 3 is 1.48 bits per heavy atom. The molecule has 4 heterocycles. The standard InChI is InChI=1S/C60H53F6N13O9/c1-67-57(82)68-33-18-22-35(23-19-33)78-44(29-72(2)3)48-53(70-78)74(27-37-39(61)11-8-12-40(37)62)59(84)77(56(48)81)43-14-10-16-47(52(43)66)88-31-32-17-26-41(63)38(50(32)64)28-75-54-49(55(80)76(60(75)85)42-13-9-15-46(86-6)51(42)65)45(30-73(4)5)79(71-54)36-24-20-34(21-25-36)69-58(83)87-7/h8-26H,27-31H2,1-7H3,(H,69,83)(H2,67,68,82). The fourth-order valence-electron chi connectivity index (χ4n) is 9.95. The lowest BCUT2D eigenvalue weighted by atomic mass is 10.1. The number of methoxy groups -OCH3 is 2. The third-order valence-electron chi connectivity index (χ3n) is 14.1. The van der Waals surface area contributed by atoms with Crippen LogP contribution in [0.5, 0.6) is 11.5 Å². The van der Waals surface area contributed by atoms with E-state index in [1.165, 1.54) is 73.1 Å². The number of anilines is 2. The number of carbonyl (C=O) groups excluding carboxylic acids is 2. The molecule has 3 amide bonds. The van der Waals surface area contributed by atoms with Crippen LogP contribution < -0.4 is 47.9 Å². The molecule has 10 aromatic rings. The highest BCUT2D eigenvalue weighted by Gasteiger charge is 2.30. The molecule has 6 aromatic carbocycles. The van der Waals surface area contributed by atoms with E-state index in [9.17, 15) is 24.0 Å². The number of aromatic nitrogens is 8. The van der Waals surface area contributed by atoms with Crippen molar-refractivity contribution in [2.24, 2.45) is 0 Å². The third-order valence-corrected chi connectivity index (χ3v) is 14.1. The molecule has 10 rings (SSSR count). The molecule has 0 saturated carbocycles. The smallest absolute Gasteiger partial charge is 0.411 e. The minimum atomic E-state index is -1.34. The predicted molar refractivity (Wildman–Crippen MR) is 312 cm³/mol. The Morgan fingerprint density at radius 1 is 0.545 bits per heavy atom. The van der Waals surface area contributed by atoms with E-state index in [0.717, 1.165) is 57.7 Å². The molecule has 3 N–H and O–H groups in total. The fraction of sp³-hybridized carbons (Fsp3) is 0.200. The molecule has 0 aliphatic carbocycles. The number of benzene rings is 6. The van der Waals surface area contributed by atoms with E-state index in [4.69, 9.17) is 9.47 Å². The van der Waals surface area contributed by atoms with Crippen LogP contribution in [0.1, 0.15) is 28.1 Å². The molecule has 22 nitrogen and oxygen atoms in total. The summed E-state index contributed by atoms with van der Waals surface area (Å²) >= 11 is 0. The molecule has 0 radical (unpaired) electrons. The first-order valence-corrected chi connectivity index (χ1v) is 26.7. The molecule has 28 heteroatoms. The second-order valence-electron chi connectivity index (χ2n) is 20.4. The second-order valence-corrected chi connectivity index (χ2v) is 20.4. The van der Waals surface area contributed by atoms with Gasteiger partial charge in [-0.3, -0.25) is 24.0 Å². The maximum absolute atomic E-state index is 17.3. The van der Waals surface area contributed by atoms with Crippen molar-refractivity contribution in [1.82, 2.24) is 52.9 Å². The van der Waals surface area contributed by atoms with E-state index in [2.05, 4.69) is 30.9 Å². The first kappa shape index (κ1) is 60.4. The van der Waals surface area contributed by atoms with E-state index in [1.54, 1.807) is 62.3 Å². The number of carbonyl (C=O) groups is 2. The van der Waals surface area contributed by atoms with Crippen molar-refractivity contribution in [3.05, 3.63) is 220 Å². The number of rotatable bonds is 18. The van der Waals surface area contributed by atoms with Crippen LogP contribution in [0.15, 0.2) is 134 Å². The Morgan fingerprint density at radius 2 is 1.00 bits per heavy atom. The van der Waals surface area contributed by atoms with Gasteiger partial charge in [0.15, 0.2) is 34.4 Å². The highest BCUT2D eigenvalue weighted by atomic mass is 19.2. The van der Waals surface area contributed by atoms with Crippen molar-refractivity contribution in [2.45, 2.75) is 32.8 Å². The van der Waals surface area contributed by atoms with Gasteiger partial charge >= 0.3 is 23.5 Å². The van der Waals surface area contributed by atoms with Gasteiger partial charge in [-0.15, -0.1) is 10.2 Å².